The first-order valence-electron chi connectivity index (χ1n) is 8.21. The third-order valence-electron chi connectivity index (χ3n) is 4.25. The lowest BCUT2D eigenvalue weighted by atomic mass is 9.86. The Morgan fingerprint density at radius 3 is 2.25 bits per heavy atom. The number of hydrogen-bond donors (Lipinski definition) is 1. The van der Waals surface area contributed by atoms with Gasteiger partial charge >= 0.3 is 0 Å². The first kappa shape index (κ1) is 18.0. The van der Waals surface area contributed by atoms with Gasteiger partial charge in [0.05, 0.1) is 11.5 Å². The lowest BCUT2D eigenvalue weighted by Gasteiger charge is -2.24. The molecule has 0 saturated carbocycles. The Kier molecular flexibility index (Phi) is 7.52. The van der Waals surface area contributed by atoms with Crippen molar-refractivity contribution in [1.29, 1.82) is 0 Å². The fraction of sp³-hybridized carbons (Fsp3) is 1.00. The highest BCUT2D eigenvalue weighted by atomic mass is 32.2. The highest BCUT2D eigenvalue weighted by Gasteiger charge is 2.33. The SMILES string of the molecule is CC(C)CCCC(CNCC(C)C)C1CCS(=O)(=O)C1. The molecular weight excluding hydrogens is 270 g/mol. The van der Waals surface area contributed by atoms with Crippen LogP contribution in [0.2, 0.25) is 0 Å². The molecule has 4 heteroatoms. The lowest BCUT2D eigenvalue weighted by molar-refractivity contribution is 0.305. The minimum absolute atomic E-state index is 0.381. The Morgan fingerprint density at radius 2 is 1.75 bits per heavy atom. The summed E-state index contributed by atoms with van der Waals surface area (Å²) in [4.78, 5) is 0. The number of nitrogens with one attached hydrogen (secondary N) is 1. The molecule has 0 aromatic carbocycles. The molecule has 1 heterocycles. The molecule has 0 radical (unpaired) electrons. The van der Waals surface area contributed by atoms with Crippen LogP contribution in [0.5, 0.6) is 0 Å². The van der Waals surface area contributed by atoms with Crippen molar-refractivity contribution in [1.82, 2.24) is 5.32 Å². The maximum atomic E-state index is 11.7. The second kappa shape index (κ2) is 8.38. The molecule has 2 unspecified atom stereocenters. The maximum absolute atomic E-state index is 11.7. The van der Waals surface area contributed by atoms with E-state index in [1.165, 1.54) is 19.3 Å². The van der Waals surface area contributed by atoms with E-state index in [0.717, 1.165) is 25.4 Å². The first-order chi connectivity index (χ1) is 9.30. The summed E-state index contributed by atoms with van der Waals surface area (Å²) >= 11 is 0. The van der Waals surface area contributed by atoms with Crippen LogP contribution in [0.15, 0.2) is 0 Å². The zero-order valence-corrected chi connectivity index (χ0v) is 14.5. The Bertz CT molecular complexity index is 349. The lowest BCUT2D eigenvalue weighted by Crippen LogP contribution is -2.31. The van der Waals surface area contributed by atoms with Crippen molar-refractivity contribution in [3.05, 3.63) is 0 Å². The predicted octanol–water partition coefficient (Wildman–Crippen LogP) is 3.11. The normalized spacial score (nSPS) is 23.6. The van der Waals surface area contributed by atoms with Crippen molar-refractivity contribution in [2.75, 3.05) is 24.6 Å². The van der Waals surface area contributed by atoms with Gasteiger partial charge in [-0.3, -0.25) is 0 Å². The molecule has 1 saturated heterocycles. The smallest absolute Gasteiger partial charge is 0.150 e. The minimum atomic E-state index is -2.75. The molecule has 1 fully saturated rings. The number of hydrogen-bond acceptors (Lipinski definition) is 3. The zero-order valence-electron chi connectivity index (χ0n) is 13.7. The fourth-order valence-electron chi connectivity index (χ4n) is 3.05. The van der Waals surface area contributed by atoms with Crippen molar-refractivity contribution in [3.8, 4) is 0 Å². The van der Waals surface area contributed by atoms with Gasteiger partial charge in [0.1, 0.15) is 0 Å². The molecular formula is C16H33NO2S. The van der Waals surface area contributed by atoms with Crippen LogP contribution in [-0.4, -0.2) is 33.0 Å². The average Bonchev–Trinajstić information content (AvgIpc) is 2.67. The van der Waals surface area contributed by atoms with E-state index in [2.05, 4.69) is 33.0 Å². The first-order valence-corrected chi connectivity index (χ1v) is 10.0. The standard InChI is InChI=1S/C16H33NO2S/c1-13(2)6-5-7-15(11-17-10-14(3)4)16-8-9-20(18,19)12-16/h13-17H,5-12H2,1-4H3. The zero-order chi connectivity index (χ0) is 15.2. The van der Waals surface area contributed by atoms with Crippen LogP contribution in [0.25, 0.3) is 0 Å². The second-order valence-corrected chi connectivity index (χ2v) is 9.53. The van der Waals surface area contributed by atoms with Crippen LogP contribution >= 0.6 is 0 Å². The van der Waals surface area contributed by atoms with Gasteiger partial charge in [0.2, 0.25) is 0 Å². The van der Waals surface area contributed by atoms with Crippen LogP contribution in [0.1, 0.15) is 53.4 Å². The molecule has 1 rings (SSSR count). The van der Waals surface area contributed by atoms with Crippen LogP contribution in [0.4, 0.5) is 0 Å². The van der Waals surface area contributed by atoms with Gasteiger partial charge in [0.25, 0.3) is 0 Å². The van der Waals surface area contributed by atoms with E-state index >= 15 is 0 Å². The molecule has 0 aliphatic carbocycles. The molecule has 3 nitrogen and oxygen atoms in total. The summed E-state index contributed by atoms with van der Waals surface area (Å²) in [5, 5.41) is 3.53. The summed E-state index contributed by atoms with van der Waals surface area (Å²) in [7, 11) is -2.75. The molecule has 0 aromatic heterocycles. The molecule has 20 heavy (non-hydrogen) atoms. The van der Waals surface area contributed by atoms with Gasteiger partial charge in [-0.15, -0.1) is 0 Å². The van der Waals surface area contributed by atoms with E-state index in [-0.39, 0.29) is 0 Å². The molecule has 1 N–H and O–H groups in total. The molecule has 0 bridgehead atoms. The summed E-state index contributed by atoms with van der Waals surface area (Å²) in [5.41, 5.74) is 0. The molecule has 0 amide bonds. The van der Waals surface area contributed by atoms with E-state index in [0.29, 0.717) is 29.3 Å². The topological polar surface area (TPSA) is 46.2 Å². The average molecular weight is 304 g/mol. The van der Waals surface area contributed by atoms with Gasteiger partial charge in [-0.25, -0.2) is 8.42 Å². The molecule has 0 aromatic rings. The van der Waals surface area contributed by atoms with Gasteiger partial charge in [-0.2, -0.15) is 0 Å². The highest BCUT2D eigenvalue weighted by Crippen LogP contribution is 2.29. The molecule has 1 aliphatic heterocycles. The Hall–Kier alpha value is -0.0900. The quantitative estimate of drug-likeness (QED) is 0.712. The molecule has 2 atom stereocenters. The van der Waals surface area contributed by atoms with E-state index in [9.17, 15) is 8.42 Å². The van der Waals surface area contributed by atoms with Crippen molar-refractivity contribution in [2.24, 2.45) is 23.7 Å². The molecule has 120 valence electrons. The van der Waals surface area contributed by atoms with Crippen molar-refractivity contribution in [3.63, 3.8) is 0 Å². The van der Waals surface area contributed by atoms with E-state index in [1.807, 2.05) is 0 Å². The van der Waals surface area contributed by atoms with Gasteiger partial charge in [-0.1, -0.05) is 40.5 Å². The van der Waals surface area contributed by atoms with Crippen molar-refractivity contribution >= 4 is 9.84 Å². The number of sulfone groups is 1. The van der Waals surface area contributed by atoms with Gasteiger partial charge in [0, 0.05) is 0 Å². The minimum Gasteiger partial charge on any atom is -0.316 e. The summed E-state index contributed by atoms with van der Waals surface area (Å²) in [6.45, 7) is 10.9. The Labute approximate surface area is 125 Å². The fourth-order valence-corrected chi connectivity index (χ4v) is 4.97. The van der Waals surface area contributed by atoms with Gasteiger partial charge in [0.15, 0.2) is 9.84 Å². The van der Waals surface area contributed by atoms with Crippen molar-refractivity contribution in [2.45, 2.75) is 53.4 Å². The summed E-state index contributed by atoms with van der Waals surface area (Å²) in [6, 6.07) is 0. The largest absolute Gasteiger partial charge is 0.316 e. The van der Waals surface area contributed by atoms with Crippen LogP contribution in [0.3, 0.4) is 0 Å². The molecule has 0 spiro atoms. The summed E-state index contributed by atoms with van der Waals surface area (Å²) in [6.07, 6.45) is 4.52. The summed E-state index contributed by atoms with van der Waals surface area (Å²) in [5.74, 6) is 3.13. The second-order valence-electron chi connectivity index (χ2n) is 7.30. The summed E-state index contributed by atoms with van der Waals surface area (Å²) < 4.78 is 23.4. The Balaban J connectivity index is 2.46. The van der Waals surface area contributed by atoms with Crippen molar-refractivity contribution < 1.29 is 8.42 Å². The van der Waals surface area contributed by atoms with Gasteiger partial charge < -0.3 is 5.32 Å². The third-order valence-corrected chi connectivity index (χ3v) is 6.04. The van der Waals surface area contributed by atoms with E-state index in [1.54, 1.807) is 0 Å². The Morgan fingerprint density at radius 1 is 1.05 bits per heavy atom. The van der Waals surface area contributed by atoms with Crippen LogP contribution in [-0.2, 0) is 9.84 Å². The maximum Gasteiger partial charge on any atom is 0.150 e. The van der Waals surface area contributed by atoms with E-state index in [4.69, 9.17) is 0 Å². The van der Waals surface area contributed by atoms with Crippen LogP contribution < -0.4 is 5.32 Å². The van der Waals surface area contributed by atoms with Gasteiger partial charge in [-0.05, 0) is 49.6 Å². The number of rotatable bonds is 9. The van der Waals surface area contributed by atoms with E-state index < -0.39 is 9.84 Å². The monoisotopic (exact) mass is 303 g/mol. The van der Waals surface area contributed by atoms with Crippen LogP contribution in [0, 0.1) is 23.7 Å². The predicted molar refractivity (Wildman–Crippen MR) is 86.6 cm³/mol. The highest BCUT2D eigenvalue weighted by molar-refractivity contribution is 7.91. The third kappa shape index (κ3) is 7.07. The molecule has 1 aliphatic rings.